The fraction of sp³-hybridized carbons (Fsp3) is 0. The monoisotopic (exact) mass is 840 g/mol. The summed E-state index contributed by atoms with van der Waals surface area (Å²) in [6.07, 6.45) is 8.52. The van der Waals surface area contributed by atoms with Gasteiger partial charge in [0.1, 0.15) is 31.0 Å². The number of anilines is 2. The number of benzene rings is 2. The van der Waals surface area contributed by atoms with Crippen molar-refractivity contribution in [3.05, 3.63) is 142 Å². The molecular formula is C34H24N4O14S4. The molecule has 0 unspecified atom stereocenters. The average Bonchev–Trinajstić information content (AvgIpc) is 3.12. The van der Waals surface area contributed by atoms with Crippen molar-refractivity contribution in [1.82, 2.24) is 9.97 Å². The number of carbonyl (C=O) groups is 2. The second-order valence-electron chi connectivity index (χ2n) is 11.7. The number of carbonyl (C=O) groups excluding carboxylic acids is 2. The molecule has 2 aliphatic rings. The second kappa shape index (κ2) is 14.6. The molecule has 18 nitrogen and oxygen atoms in total. The number of aromatic nitrogens is 2. The molecule has 288 valence electrons. The molecule has 2 aliphatic carbocycles. The second-order valence-corrected chi connectivity index (χ2v) is 17.3. The van der Waals surface area contributed by atoms with Crippen LogP contribution < -0.4 is 10.6 Å². The summed E-state index contributed by atoms with van der Waals surface area (Å²) in [5.74, 6) is -1.45. The molecule has 2 aromatic carbocycles. The summed E-state index contributed by atoms with van der Waals surface area (Å²) < 4.78 is 137. The van der Waals surface area contributed by atoms with Crippen LogP contribution in [0.25, 0.3) is 22.0 Å². The van der Waals surface area contributed by atoms with Gasteiger partial charge in [-0.1, -0.05) is 24.3 Å². The predicted octanol–water partition coefficient (Wildman–Crippen LogP) is 3.98. The van der Waals surface area contributed by atoms with Crippen molar-refractivity contribution in [2.75, 3.05) is 10.6 Å². The lowest BCUT2D eigenvalue weighted by Crippen LogP contribution is -2.17. The molecule has 0 aliphatic heterocycles. The Hall–Kier alpha value is -5.98. The number of hydrogen-bond acceptors (Lipinski definition) is 14. The molecule has 22 heteroatoms. The number of hydrogen-bond donors (Lipinski definition) is 6. The van der Waals surface area contributed by atoms with E-state index in [1.165, 1.54) is 60.9 Å². The van der Waals surface area contributed by atoms with Crippen molar-refractivity contribution < 1.29 is 61.5 Å². The smallest absolute Gasteiger partial charge is 0.295 e. The molecule has 2 heterocycles. The zero-order valence-electron chi connectivity index (χ0n) is 27.8. The minimum atomic E-state index is -4.97. The van der Waals surface area contributed by atoms with Crippen LogP contribution in [0.5, 0.6) is 0 Å². The van der Waals surface area contributed by atoms with Crippen molar-refractivity contribution in [1.29, 1.82) is 0 Å². The molecule has 0 fully saturated rings. The SMILES string of the molecule is O=C1C(=CNc2ccc(C=Cc3ccc(NC=C4C=C(S(=O)(=O)O)c5cccnc5C4=O)cc3S(=O)(=O)O)c(S(=O)(=O)O)c2)C=C(S(=O)(=O)O)c2cccnc21. The van der Waals surface area contributed by atoms with Crippen LogP contribution in [0.3, 0.4) is 0 Å². The maximum atomic E-state index is 13.0. The lowest BCUT2D eigenvalue weighted by molar-refractivity contribution is 0.102. The molecule has 4 aromatic rings. The predicted molar refractivity (Wildman–Crippen MR) is 201 cm³/mol. The highest BCUT2D eigenvalue weighted by Gasteiger charge is 2.31. The van der Waals surface area contributed by atoms with E-state index in [0.717, 1.165) is 48.8 Å². The summed E-state index contributed by atoms with van der Waals surface area (Å²) in [6.45, 7) is 0. The van der Waals surface area contributed by atoms with Crippen molar-refractivity contribution >= 4 is 85.4 Å². The lowest BCUT2D eigenvalue weighted by atomic mass is 9.97. The first-order valence-electron chi connectivity index (χ1n) is 15.4. The Morgan fingerprint density at radius 2 is 0.893 bits per heavy atom. The minimum Gasteiger partial charge on any atom is -0.361 e. The first-order valence-corrected chi connectivity index (χ1v) is 21.1. The Morgan fingerprint density at radius 1 is 0.518 bits per heavy atom. The van der Waals surface area contributed by atoms with Crippen molar-refractivity contribution in [2.45, 2.75) is 9.79 Å². The number of nitrogens with zero attached hydrogens (tertiary/aromatic N) is 2. The zero-order valence-corrected chi connectivity index (χ0v) is 31.1. The van der Waals surface area contributed by atoms with E-state index < -0.39 is 71.6 Å². The molecule has 0 saturated heterocycles. The Kier molecular flexibility index (Phi) is 10.3. The van der Waals surface area contributed by atoms with Crippen molar-refractivity contribution in [3.63, 3.8) is 0 Å². The van der Waals surface area contributed by atoms with Gasteiger partial charge in [-0.25, -0.2) is 0 Å². The van der Waals surface area contributed by atoms with Gasteiger partial charge in [-0.05, 0) is 71.8 Å². The van der Waals surface area contributed by atoms with Crippen LogP contribution in [-0.4, -0.2) is 73.4 Å². The summed E-state index contributed by atoms with van der Waals surface area (Å²) in [7, 11) is -19.5. The van der Waals surface area contributed by atoms with E-state index in [1.807, 2.05) is 0 Å². The highest BCUT2D eigenvalue weighted by atomic mass is 32.2. The maximum absolute atomic E-state index is 13.0. The number of rotatable bonds is 10. The Morgan fingerprint density at radius 3 is 1.23 bits per heavy atom. The standard InChI is InChI=1S/C34H24N4O14S4/c39-33-21(13-29(55(47,48)49)25-3-1-11-35-31(25)33)17-37-23-9-7-19(27(15-23)53(41,42)43)5-6-20-8-10-24(16-28(20)54(44,45)46)38-18-22-14-30(56(50,51)52)26-4-2-12-36-32(26)34(22)40/h1-18,37-38H,(H,41,42,43)(H,44,45,46)(H,47,48,49)(H,50,51,52). The van der Waals surface area contributed by atoms with E-state index >= 15 is 0 Å². The molecule has 0 spiro atoms. The van der Waals surface area contributed by atoms with Crippen molar-refractivity contribution in [2.24, 2.45) is 0 Å². The van der Waals surface area contributed by atoms with E-state index in [9.17, 15) is 61.5 Å². The van der Waals surface area contributed by atoms with E-state index in [4.69, 9.17) is 0 Å². The van der Waals surface area contributed by atoms with Gasteiger partial charge in [0.15, 0.2) is 0 Å². The molecule has 6 rings (SSSR count). The molecule has 56 heavy (non-hydrogen) atoms. The summed E-state index contributed by atoms with van der Waals surface area (Å²) >= 11 is 0. The van der Waals surface area contributed by atoms with Gasteiger partial charge in [-0.2, -0.15) is 33.7 Å². The van der Waals surface area contributed by atoms with E-state index in [0.29, 0.717) is 0 Å². The fourth-order valence-corrected chi connectivity index (χ4v) is 8.38. The van der Waals surface area contributed by atoms with Crippen LogP contribution in [-0.2, 0) is 40.5 Å². The molecule has 0 atom stereocenters. The molecule has 0 bridgehead atoms. The largest absolute Gasteiger partial charge is 0.361 e. The third-order valence-electron chi connectivity index (χ3n) is 8.04. The quantitative estimate of drug-likeness (QED) is 0.0747. The van der Waals surface area contributed by atoms with E-state index in [1.54, 1.807) is 0 Å². The van der Waals surface area contributed by atoms with Crippen LogP contribution in [0.2, 0.25) is 0 Å². The van der Waals surface area contributed by atoms with Crippen LogP contribution in [0.15, 0.2) is 119 Å². The van der Waals surface area contributed by atoms with Gasteiger partial charge in [0, 0.05) is 58.4 Å². The third-order valence-corrected chi connectivity index (χ3v) is 11.6. The molecule has 0 amide bonds. The number of ketones is 2. The molecule has 0 saturated carbocycles. The van der Waals surface area contributed by atoms with Gasteiger partial charge in [-0.15, -0.1) is 0 Å². The molecule has 6 N–H and O–H groups in total. The first kappa shape index (κ1) is 39.7. The zero-order chi connectivity index (χ0) is 40.8. The number of pyridine rings is 2. The molecule has 0 radical (unpaired) electrons. The number of nitrogens with one attached hydrogen (secondary N) is 2. The number of Topliss-reactive ketones (excluding diaryl/α,β-unsaturated/α-hetero) is 2. The van der Waals surface area contributed by atoms with Gasteiger partial charge in [-0.3, -0.25) is 37.8 Å². The van der Waals surface area contributed by atoms with Gasteiger partial charge < -0.3 is 10.6 Å². The number of allylic oxidation sites excluding steroid dienone is 4. The Labute approximate surface area is 318 Å². The van der Waals surface area contributed by atoms with Crippen LogP contribution in [0.1, 0.15) is 43.2 Å². The lowest BCUT2D eigenvalue weighted by Gasteiger charge is -2.16. The highest BCUT2D eigenvalue weighted by molar-refractivity contribution is 7.95. The summed E-state index contributed by atoms with van der Waals surface area (Å²) in [4.78, 5) is 31.2. The van der Waals surface area contributed by atoms with Gasteiger partial charge in [0.2, 0.25) is 11.6 Å². The normalized spacial score (nSPS) is 16.4. The third kappa shape index (κ3) is 8.31. The van der Waals surface area contributed by atoms with Gasteiger partial charge in [0.25, 0.3) is 40.5 Å². The van der Waals surface area contributed by atoms with Crippen LogP contribution in [0.4, 0.5) is 11.4 Å². The van der Waals surface area contributed by atoms with Gasteiger partial charge in [0.05, 0.1) is 0 Å². The van der Waals surface area contributed by atoms with E-state index in [2.05, 4.69) is 20.6 Å². The highest BCUT2D eigenvalue weighted by Crippen LogP contribution is 2.33. The average molecular weight is 841 g/mol. The van der Waals surface area contributed by atoms with Crippen molar-refractivity contribution in [3.8, 4) is 0 Å². The summed E-state index contributed by atoms with van der Waals surface area (Å²) in [6, 6.07) is 12.2. The summed E-state index contributed by atoms with van der Waals surface area (Å²) in [5.41, 5.74) is -1.75. The maximum Gasteiger partial charge on any atom is 0.295 e. The topological polar surface area (TPSA) is 301 Å². The van der Waals surface area contributed by atoms with Crippen LogP contribution >= 0.6 is 0 Å². The Bertz CT molecular complexity index is 2800. The minimum absolute atomic E-state index is 0.0267. The first-order chi connectivity index (χ1) is 26.1. The van der Waals surface area contributed by atoms with E-state index in [-0.39, 0.29) is 56.2 Å². The summed E-state index contributed by atoms with van der Waals surface area (Å²) in [5, 5.41) is 5.25. The van der Waals surface area contributed by atoms with Gasteiger partial charge >= 0.3 is 0 Å². The Balaban J connectivity index is 1.30. The van der Waals surface area contributed by atoms with Crippen LogP contribution in [0, 0.1) is 0 Å². The molecular weight excluding hydrogens is 817 g/mol. The number of fused-ring (bicyclic) bond motifs is 2. The fourth-order valence-electron chi connectivity index (χ4n) is 5.53. The molecule has 2 aromatic heterocycles.